The third-order valence-corrected chi connectivity index (χ3v) is 3.99. The van der Waals surface area contributed by atoms with Gasteiger partial charge in [-0.1, -0.05) is 12.1 Å². The number of benzene rings is 1. The molecule has 0 bridgehead atoms. The first-order chi connectivity index (χ1) is 8.84. The lowest BCUT2D eigenvalue weighted by atomic mass is 10.0. The summed E-state index contributed by atoms with van der Waals surface area (Å²) in [6.07, 6.45) is 2.52. The Kier molecular flexibility index (Phi) is 2.22. The van der Waals surface area contributed by atoms with E-state index in [0.717, 1.165) is 11.3 Å². The molecule has 1 saturated heterocycles. The third kappa shape index (κ3) is 1.49. The van der Waals surface area contributed by atoms with Crippen molar-refractivity contribution >= 4 is 11.0 Å². The average Bonchev–Trinajstić information content (AvgIpc) is 3.01. The number of hydrogen-bond donors (Lipinski definition) is 1. The van der Waals surface area contributed by atoms with Crippen LogP contribution in [0.1, 0.15) is 30.6 Å². The molecule has 94 valence electrons. The van der Waals surface area contributed by atoms with Gasteiger partial charge < -0.3 is 15.0 Å². The van der Waals surface area contributed by atoms with Gasteiger partial charge in [0.15, 0.2) is 0 Å². The van der Waals surface area contributed by atoms with E-state index in [0.29, 0.717) is 19.3 Å². The second kappa shape index (κ2) is 3.80. The Morgan fingerprint density at radius 3 is 2.78 bits per heavy atom. The number of hydrogen-bond acceptors (Lipinski definition) is 3. The van der Waals surface area contributed by atoms with Crippen molar-refractivity contribution in [3.63, 3.8) is 0 Å². The van der Waals surface area contributed by atoms with Crippen molar-refractivity contribution in [1.29, 1.82) is 0 Å². The van der Waals surface area contributed by atoms with Crippen LogP contribution in [0.25, 0.3) is 11.0 Å². The summed E-state index contributed by atoms with van der Waals surface area (Å²) in [6, 6.07) is 9.07. The van der Waals surface area contributed by atoms with Gasteiger partial charge in [-0.3, -0.25) is 0 Å². The number of imidazole rings is 1. The van der Waals surface area contributed by atoms with Crippen LogP contribution in [0.5, 0.6) is 0 Å². The van der Waals surface area contributed by atoms with E-state index in [1.165, 1.54) is 18.4 Å². The van der Waals surface area contributed by atoms with Crippen molar-refractivity contribution in [3.05, 3.63) is 30.1 Å². The second-order valence-electron chi connectivity index (χ2n) is 5.37. The lowest BCUT2D eigenvalue weighted by Crippen LogP contribution is -2.28. The molecule has 2 heterocycles. The van der Waals surface area contributed by atoms with Crippen LogP contribution in [0.15, 0.2) is 24.3 Å². The highest BCUT2D eigenvalue weighted by Gasteiger charge is 2.35. The van der Waals surface area contributed by atoms with Crippen LogP contribution in [0.3, 0.4) is 0 Å². The highest BCUT2D eigenvalue weighted by molar-refractivity contribution is 5.76. The molecule has 0 radical (unpaired) electrons. The van der Waals surface area contributed by atoms with Gasteiger partial charge in [0.05, 0.1) is 30.2 Å². The van der Waals surface area contributed by atoms with Gasteiger partial charge in [0.2, 0.25) is 0 Å². The summed E-state index contributed by atoms with van der Waals surface area (Å²) < 4.78 is 7.89. The molecule has 4 nitrogen and oxygen atoms in total. The topological polar surface area (TPSA) is 53.1 Å². The predicted molar refractivity (Wildman–Crippen MR) is 69.5 cm³/mol. The van der Waals surface area contributed by atoms with Crippen molar-refractivity contribution in [2.45, 2.75) is 30.8 Å². The third-order valence-electron chi connectivity index (χ3n) is 3.99. The number of ether oxygens (including phenoxy) is 1. The second-order valence-corrected chi connectivity index (χ2v) is 5.37. The number of aromatic nitrogens is 2. The molecule has 1 aliphatic heterocycles. The summed E-state index contributed by atoms with van der Waals surface area (Å²) in [5.74, 6) is 1.38. The molecular formula is C14H17N3O. The fourth-order valence-corrected chi connectivity index (χ4v) is 2.88. The zero-order chi connectivity index (χ0) is 12.1. The maximum absolute atomic E-state index is 6.14. The van der Waals surface area contributed by atoms with Gasteiger partial charge in [-0.05, 0) is 25.0 Å². The Bertz CT molecular complexity index is 588. The van der Waals surface area contributed by atoms with Crippen LogP contribution in [-0.2, 0) is 4.74 Å². The molecule has 2 unspecified atom stereocenters. The van der Waals surface area contributed by atoms with Gasteiger partial charge >= 0.3 is 0 Å². The first kappa shape index (κ1) is 10.5. The van der Waals surface area contributed by atoms with Crippen molar-refractivity contribution in [2.24, 2.45) is 5.73 Å². The van der Waals surface area contributed by atoms with Crippen LogP contribution in [0, 0.1) is 0 Å². The van der Waals surface area contributed by atoms with Crippen molar-refractivity contribution in [1.82, 2.24) is 9.55 Å². The zero-order valence-corrected chi connectivity index (χ0v) is 10.2. The smallest absolute Gasteiger partial charge is 0.117 e. The Labute approximate surface area is 106 Å². The molecule has 1 saturated carbocycles. The summed E-state index contributed by atoms with van der Waals surface area (Å²) in [6.45, 7) is 1.36. The highest BCUT2D eigenvalue weighted by atomic mass is 16.5. The predicted octanol–water partition coefficient (Wildman–Crippen LogP) is 1.81. The fourth-order valence-electron chi connectivity index (χ4n) is 2.88. The molecule has 2 N–H and O–H groups in total. The number of nitrogens with zero attached hydrogens (tertiary/aromatic N) is 2. The molecule has 1 aromatic heterocycles. The van der Waals surface area contributed by atoms with Gasteiger partial charge in [0, 0.05) is 12.1 Å². The standard InChI is InChI=1S/C14H17N3O/c15-11-8-18-7-10(11)14-16-12-3-1-2-4-13(12)17(14)9-5-6-9/h1-4,9-11H,5-8,15H2. The molecule has 2 fully saturated rings. The Hall–Kier alpha value is -1.39. The van der Waals surface area contributed by atoms with Gasteiger partial charge in [0.1, 0.15) is 5.82 Å². The van der Waals surface area contributed by atoms with Crippen molar-refractivity contribution in [2.75, 3.05) is 13.2 Å². The summed E-state index contributed by atoms with van der Waals surface area (Å²) >= 11 is 0. The van der Waals surface area contributed by atoms with Gasteiger partial charge in [0.25, 0.3) is 0 Å². The molecule has 4 rings (SSSR count). The molecule has 0 amide bonds. The van der Waals surface area contributed by atoms with E-state index in [4.69, 9.17) is 15.5 Å². The monoisotopic (exact) mass is 243 g/mol. The number of nitrogens with two attached hydrogens (primary N) is 1. The van der Waals surface area contributed by atoms with Crippen LogP contribution in [-0.4, -0.2) is 28.8 Å². The van der Waals surface area contributed by atoms with E-state index in [9.17, 15) is 0 Å². The number of fused-ring (bicyclic) bond motifs is 1. The fraction of sp³-hybridized carbons (Fsp3) is 0.500. The quantitative estimate of drug-likeness (QED) is 0.875. The average molecular weight is 243 g/mol. The zero-order valence-electron chi connectivity index (χ0n) is 10.2. The minimum Gasteiger partial charge on any atom is -0.379 e. The van der Waals surface area contributed by atoms with Gasteiger partial charge in [-0.15, -0.1) is 0 Å². The first-order valence-electron chi connectivity index (χ1n) is 6.65. The molecule has 2 aliphatic rings. The Morgan fingerprint density at radius 1 is 1.22 bits per heavy atom. The molecule has 1 aliphatic carbocycles. The SMILES string of the molecule is NC1COCC1c1nc2ccccc2n1C1CC1. The van der Waals surface area contributed by atoms with E-state index >= 15 is 0 Å². The van der Waals surface area contributed by atoms with Crippen LogP contribution < -0.4 is 5.73 Å². The maximum Gasteiger partial charge on any atom is 0.117 e. The summed E-state index contributed by atoms with van der Waals surface area (Å²) in [5.41, 5.74) is 8.47. The molecule has 2 aromatic rings. The molecule has 4 heteroatoms. The van der Waals surface area contributed by atoms with E-state index in [2.05, 4.69) is 22.8 Å². The lowest BCUT2D eigenvalue weighted by Gasteiger charge is -2.15. The van der Waals surface area contributed by atoms with E-state index < -0.39 is 0 Å². The van der Waals surface area contributed by atoms with E-state index in [1.807, 2.05) is 6.07 Å². The van der Waals surface area contributed by atoms with Crippen molar-refractivity contribution in [3.8, 4) is 0 Å². The Morgan fingerprint density at radius 2 is 2.06 bits per heavy atom. The van der Waals surface area contributed by atoms with Gasteiger partial charge in [-0.2, -0.15) is 0 Å². The maximum atomic E-state index is 6.14. The summed E-state index contributed by atoms with van der Waals surface area (Å²) in [5, 5.41) is 0. The van der Waals surface area contributed by atoms with Gasteiger partial charge in [-0.25, -0.2) is 4.98 Å². The van der Waals surface area contributed by atoms with E-state index in [1.54, 1.807) is 0 Å². The Balaban J connectivity index is 1.90. The van der Waals surface area contributed by atoms with Crippen LogP contribution >= 0.6 is 0 Å². The minimum absolute atomic E-state index is 0.0827. The summed E-state index contributed by atoms with van der Waals surface area (Å²) in [4.78, 5) is 4.81. The largest absolute Gasteiger partial charge is 0.379 e. The molecule has 1 aromatic carbocycles. The first-order valence-corrected chi connectivity index (χ1v) is 6.65. The molecule has 2 atom stereocenters. The normalized spacial score (nSPS) is 28.1. The highest BCUT2D eigenvalue weighted by Crippen LogP contribution is 2.41. The van der Waals surface area contributed by atoms with Crippen LogP contribution in [0.2, 0.25) is 0 Å². The lowest BCUT2D eigenvalue weighted by molar-refractivity contribution is 0.190. The number of rotatable bonds is 2. The molecule has 18 heavy (non-hydrogen) atoms. The molecular weight excluding hydrogens is 226 g/mol. The van der Waals surface area contributed by atoms with Crippen molar-refractivity contribution < 1.29 is 4.74 Å². The number of para-hydroxylation sites is 2. The van der Waals surface area contributed by atoms with Crippen LogP contribution in [0.4, 0.5) is 0 Å². The van der Waals surface area contributed by atoms with E-state index in [-0.39, 0.29) is 12.0 Å². The molecule has 0 spiro atoms. The minimum atomic E-state index is 0.0827. The summed E-state index contributed by atoms with van der Waals surface area (Å²) in [7, 11) is 0.